The van der Waals surface area contributed by atoms with E-state index in [2.05, 4.69) is 26.1 Å². The van der Waals surface area contributed by atoms with Gasteiger partial charge < -0.3 is 14.5 Å². The number of aromatic nitrogens is 5. The third kappa shape index (κ3) is 2.57. The van der Waals surface area contributed by atoms with Crippen molar-refractivity contribution in [3.63, 3.8) is 0 Å². The summed E-state index contributed by atoms with van der Waals surface area (Å²) >= 11 is 0. The number of benzene rings is 2. The maximum atomic E-state index is 10.1. The normalized spacial score (nSPS) is 11.0. The number of nitriles is 1. The van der Waals surface area contributed by atoms with Crippen molar-refractivity contribution in [1.82, 2.24) is 24.6 Å². The Morgan fingerprint density at radius 3 is 2.70 bits per heavy atom. The number of hydrogen-bond acceptors (Lipinski definition) is 6. The summed E-state index contributed by atoms with van der Waals surface area (Å²) in [6.45, 7) is 0. The number of H-pyrrole nitrogens is 1. The highest BCUT2D eigenvalue weighted by Gasteiger charge is 2.22. The van der Waals surface area contributed by atoms with Crippen molar-refractivity contribution in [3.8, 4) is 40.1 Å². The zero-order chi connectivity index (χ0) is 20.7. The Bertz CT molecular complexity index is 1440. The molecule has 0 spiro atoms. The first kappa shape index (κ1) is 17.7. The molecule has 0 fully saturated rings. The van der Waals surface area contributed by atoms with Crippen LogP contribution in [0.3, 0.4) is 0 Å². The molecule has 0 amide bonds. The summed E-state index contributed by atoms with van der Waals surface area (Å²) in [7, 11) is 3.15. The van der Waals surface area contributed by atoms with E-state index in [4.69, 9.17) is 9.47 Å². The zero-order valence-electron chi connectivity index (χ0n) is 16.2. The van der Waals surface area contributed by atoms with Crippen LogP contribution < -0.4 is 9.47 Å². The number of rotatable bonds is 4. The van der Waals surface area contributed by atoms with E-state index in [9.17, 15) is 5.26 Å². The van der Waals surface area contributed by atoms with Gasteiger partial charge in [0, 0.05) is 28.2 Å². The van der Waals surface area contributed by atoms with E-state index in [-0.39, 0.29) is 0 Å². The highest BCUT2D eigenvalue weighted by Crippen LogP contribution is 2.37. The maximum Gasteiger partial charge on any atom is 0.253 e. The van der Waals surface area contributed by atoms with Crippen molar-refractivity contribution >= 4 is 16.7 Å². The smallest absolute Gasteiger partial charge is 0.253 e. The van der Waals surface area contributed by atoms with E-state index in [1.54, 1.807) is 24.8 Å². The van der Waals surface area contributed by atoms with Crippen LogP contribution in [0.15, 0.2) is 55.0 Å². The van der Waals surface area contributed by atoms with Crippen LogP contribution in [0.2, 0.25) is 0 Å². The molecule has 8 nitrogen and oxygen atoms in total. The maximum absolute atomic E-state index is 10.1. The molecule has 0 aliphatic carbocycles. The quantitative estimate of drug-likeness (QED) is 0.495. The predicted molar refractivity (Wildman–Crippen MR) is 111 cm³/mol. The molecular formula is C22H16N6O2. The van der Waals surface area contributed by atoms with Crippen LogP contribution in [-0.2, 0) is 0 Å². The van der Waals surface area contributed by atoms with Crippen LogP contribution >= 0.6 is 0 Å². The second-order valence-electron chi connectivity index (χ2n) is 6.59. The summed E-state index contributed by atoms with van der Waals surface area (Å²) in [6, 6.07) is 15.7. The van der Waals surface area contributed by atoms with Crippen molar-refractivity contribution in [3.05, 3.63) is 60.6 Å². The molecule has 5 aromatic rings. The summed E-state index contributed by atoms with van der Waals surface area (Å²) in [5.74, 6) is 1.55. The van der Waals surface area contributed by atoms with Gasteiger partial charge in [0.2, 0.25) is 0 Å². The van der Waals surface area contributed by atoms with Crippen molar-refractivity contribution in [2.45, 2.75) is 0 Å². The van der Waals surface area contributed by atoms with E-state index >= 15 is 0 Å². The van der Waals surface area contributed by atoms with Crippen molar-refractivity contribution in [2.75, 3.05) is 14.2 Å². The lowest BCUT2D eigenvalue weighted by Gasteiger charge is -2.13. The fourth-order valence-corrected chi connectivity index (χ4v) is 3.66. The minimum Gasteiger partial charge on any atom is -0.493 e. The number of methoxy groups -OCH3 is 2. The third-order valence-electron chi connectivity index (χ3n) is 5.04. The van der Waals surface area contributed by atoms with E-state index in [0.717, 1.165) is 22.0 Å². The fraction of sp³-hybridized carbons (Fsp3) is 0.0909. The summed E-state index contributed by atoms with van der Waals surface area (Å²) < 4.78 is 12.4. The Balaban J connectivity index is 1.85. The minimum atomic E-state index is 0.393. The fourth-order valence-electron chi connectivity index (χ4n) is 3.66. The molecule has 0 radical (unpaired) electrons. The molecule has 0 aliphatic heterocycles. The van der Waals surface area contributed by atoms with Gasteiger partial charge in [0.15, 0.2) is 11.5 Å². The Kier molecular flexibility index (Phi) is 4.07. The number of fused-ring (bicyclic) bond motifs is 2. The number of hydrogen-bond donors (Lipinski definition) is 1. The molecule has 0 unspecified atom stereocenters. The zero-order valence-corrected chi connectivity index (χ0v) is 16.2. The molecule has 146 valence electrons. The molecule has 5 rings (SSSR count). The number of nitrogens with one attached hydrogen (secondary N) is 1. The molecule has 0 saturated carbocycles. The van der Waals surface area contributed by atoms with Crippen molar-refractivity contribution in [1.29, 1.82) is 5.26 Å². The van der Waals surface area contributed by atoms with E-state index in [1.165, 1.54) is 6.33 Å². The lowest BCUT2D eigenvalue weighted by atomic mass is 10.00. The highest BCUT2D eigenvalue weighted by molar-refractivity contribution is 5.97. The second kappa shape index (κ2) is 6.90. The SMILES string of the molecule is COc1ccc(-c2c(C#N)c(-c3c[nH]c4ccccc34)nc3ncnn23)cc1OC. The lowest BCUT2D eigenvalue weighted by Crippen LogP contribution is -2.04. The van der Waals surface area contributed by atoms with Crippen LogP contribution in [0, 0.1) is 11.3 Å². The number of ether oxygens (including phenoxy) is 2. The molecule has 3 aromatic heterocycles. The second-order valence-corrected chi connectivity index (χ2v) is 6.59. The molecule has 30 heavy (non-hydrogen) atoms. The molecule has 2 aromatic carbocycles. The van der Waals surface area contributed by atoms with Gasteiger partial charge in [-0.15, -0.1) is 0 Å². The molecule has 0 atom stereocenters. The van der Waals surface area contributed by atoms with Gasteiger partial charge in [0.25, 0.3) is 5.78 Å². The average molecular weight is 396 g/mol. The van der Waals surface area contributed by atoms with E-state index in [0.29, 0.717) is 34.2 Å². The Morgan fingerprint density at radius 2 is 1.90 bits per heavy atom. The largest absolute Gasteiger partial charge is 0.493 e. The van der Waals surface area contributed by atoms with Crippen LogP contribution in [0.25, 0.3) is 39.2 Å². The number of nitrogens with zero attached hydrogens (tertiary/aromatic N) is 5. The van der Waals surface area contributed by atoms with Gasteiger partial charge in [-0.3, -0.25) is 0 Å². The first-order chi connectivity index (χ1) is 14.7. The van der Waals surface area contributed by atoms with E-state index < -0.39 is 0 Å². The summed E-state index contributed by atoms with van der Waals surface area (Å²) in [5, 5.41) is 15.4. The highest BCUT2D eigenvalue weighted by atomic mass is 16.5. The summed E-state index contributed by atoms with van der Waals surface area (Å²) in [6.07, 6.45) is 3.28. The molecule has 0 bridgehead atoms. The van der Waals surface area contributed by atoms with Crippen molar-refractivity contribution < 1.29 is 9.47 Å². The third-order valence-corrected chi connectivity index (χ3v) is 5.04. The first-order valence-electron chi connectivity index (χ1n) is 9.18. The molecule has 1 N–H and O–H groups in total. The number of aromatic amines is 1. The number of para-hydroxylation sites is 1. The Hall–Kier alpha value is -4.38. The Morgan fingerprint density at radius 1 is 1.07 bits per heavy atom. The van der Waals surface area contributed by atoms with Crippen LogP contribution in [0.1, 0.15) is 5.56 Å². The molecule has 0 saturated heterocycles. The minimum absolute atomic E-state index is 0.393. The lowest BCUT2D eigenvalue weighted by molar-refractivity contribution is 0.355. The first-order valence-corrected chi connectivity index (χ1v) is 9.18. The summed E-state index contributed by atoms with van der Waals surface area (Å²) in [4.78, 5) is 12.2. The molecular weight excluding hydrogens is 380 g/mol. The predicted octanol–water partition coefficient (Wildman–Crippen LogP) is 3.83. The molecule has 0 aliphatic rings. The molecule has 8 heteroatoms. The van der Waals surface area contributed by atoms with Gasteiger partial charge in [-0.1, -0.05) is 18.2 Å². The Labute approximate surface area is 171 Å². The molecule has 3 heterocycles. The summed E-state index contributed by atoms with van der Waals surface area (Å²) in [5.41, 5.74) is 4.05. The van der Waals surface area contributed by atoms with Crippen LogP contribution in [-0.4, -0.2) is 38.8 Å². The van der Waals surface area contributed by atoms with E-state index in [1.807, 2.05) is 42.6 Å². The van der Waals surface area contributed by atoms with Gasteiger partial charge in [-0.25, -0.2) is 4.98 Å². The standard InChI is InChI=1S/C22H16N6O2/c1-29-18-8-7-13(9-19(18)30-2)21-15(10-23)20(27-22-25-12-26-28(21)22)16-11-24-17-6-4-3-5-14(16)17/h3-9,11-12,24H,1-2H3. The van der Waals surface area contributed by atoms with Crippen LogP contribution in [0.4, 0.5) is 0 Å². The average Bonchev–Trinajstić information content (AvgIpc) is 3.44. The van der Waals surface area contributed by atoms with Gasteiger partial charge >= 0.3 is 0 Å². The van der Waals surface area contributed by atoms with Gasteiger partial charge in [0.1, 0.15) is 18.0 Å². The van der Waals surface area contributed by atoms with Gasteiger partial charge in [-0.05, 0) is 24.3 Å². The van der Waals surface area contributed by atoms with Crippen LogP contribution in [0.5, 0.6) is 11.5 Å². The monoisotopic (exact) mass is 396 g/mol. The van der Waals surface area contributed by atoms with Crippen molar-refractivity contribution in [2.24, 2.45) is 0 Å². The topological polar surface area (TPSA) is 101 Å². The van der Waals surface area contributed by atoms with Gasteiger partial charge in [0.05, 0.1) is 25.6 Å². The van der Waals surface area contributed by atoms with Gasteiger partial charge in [-0.2, -0.15) is 19.9 Å².